The van der Waals surface area contributed by atoms with Gasteiger partial charge in [-0.3, -0.25) is 9.98 Å². The Labute approximate surface area is 159 Å². The molecule has 1 aromatic heterocycles. The molecule has 148 valence electrons. The molecule has 0 aliphatic heterocycles. The van der Waals surface area contributed by atoms with Gasteiger partial charge in [-0.1, -0.05) is 6.58 Å². The molecule has 0 aliphatic rings. The van der Waals surface area contributed by atoms with Crippen LogP contribution in [-0.2, 0) is 6.54 Å². The van der Waals surface area contributed by atoms with Crippen molar-refractivity contribution in [3.8, 4) is 0 Å². The largest absolute Gasteiger partial charge is 0.412 e. The third-order valence-corrected chi connectivity index (χ3v) is 3.82. The molecule has 0 bridgehead atoms. The highest BCUT2D eigenvalue weighted by atomic mass is 19.4. The maximum absolute atomic E-state index is 12.8. The molecule has 0 amide bonds. The molecular formula is C20H27F3N4. The summed E-state index contributed by atoms with van der Waals surface area (Å²) in [6.45, 7) is 11.4. The number of rotatable bonds is 8. The van der Waals surface area contributed by atoms with E-state index in [9.17, 15) is 13.2 Å². The van der Waals surface area contributed by atoms with E-state index in [1.165, 1.54) is 0 Å². The number of aromatic nitrogens is 1. The number of hydrogen-bond acceptors (Lipinski definition) is 4. The van der Waals surface area contributed by atoms with Gasteiger partial charge >= 0.3 is 6.18 Å². The summed E-state index contributed by atoms with van der Waals surface area (Å²) in [5.74, 6) is 0. The molecule has 0 fully saturated rings. The molecule has 2 N–H and O–H groups in total. The molecule has 7 heteroatoms. The van der Waals surface area contributed by atoms with Gasteiger partial charge in [-0.15, -0.1) is 0 Å². The number of nitrogens with one attached hydrogen (secondary N) is 2. The van der Waals surface area contributed by atoms with Crippen molar-refractivity contribution in [2.75, 3.05) is 13.6 Å². The van der Waals surface area contributed by atoms with Crippen LogP contribution >= 0.6 is 0 Å². The lowest BCUT2D eigenvalue weighted by atomic mass is 10.1. The molecule has 4 nitrogen and oxygen atoms in total. The van der Waals surface area contributed by atoms with E-state index >= 15 is 0 Å². The quantitative estimate of drug-likeness (QED) is 0.514. The van der Waals surface area contributed by atoms with Crippen LogP contribution in [0.3, 0.4) is 0 Å². The Kier molecular flexibility index (Phi) is 8.43. The van der Waals surface area contributed by atoms with Crippen LogP contribution < -0.4 is 10.6 Å². The van der Waals surface area contributed by atoms with Crippen LogP contribution in [-0.4, -0.2) is 31.0 Å². The van der Waals surface area contributed by atoms with Gasteiger partial charge < -0.3 is 10.6 Å². The predicted octanol–water partition coefficient (Wildman–Crippen LogP) is 4.54. The first-order valence-corrected chi connectivity index (χ1v) is 8.57. The van der Waals surface area contributed by atoms with Crippen molar-refractivity contribution in [3.05, 3.63) is 58.2 Å². The molecule has 0 saturated heterocycles. The third-order valence-electron chi connectivity index (χ3n) is 3.82. The molecular weight excluding hydrogens is 353 g/mol. The SMILES string of the molecule is C=C(C)/C(NCc1cnc(C)c(/C=C(\C)C(F)(F)F)c1)=C(/CNC)N=CC. The van der Waals surface area contributed by atoms with Gasteiger partial charge in [-0.05, 0) is 63.6 Å². The Morgan fingerprint density at radius 3 is 2.52 bits per heavy atom. The van der Waals surface area contributed by atoms with Crippen LogP contribution in [0.2, 0.25) is 0 Å². The second-order valence-electron chi connectivity index (χ2n) is 6.22. The molecule has 0 spiro atoms. The summed E-state index contributed by atoms with van der Waals surface area (Å²) in [6.07, 6.45) is 0.124. The smallest absolute Gasteiger partial charge is 0.379 e. The maximum atomic E-state index is 12.8. The molecule has 0 atom stereocenters. The van der Waals surface area contributed by atoms with Crippen LogP contribution in [0.1, 0.15) is 37.6 Å². The summed E-state index contributed by atoms with van der Waals surface area (Å²) < 4.78 is 38.4. The van der Waals surface area contributed by atoms with Gasteiger partial charge in [0.05, 0.1) is 11.4 Å². The molecule has 0 radical (unpaired) electrons. The van der Waals surface area contributed by atoms with Gasteiger partial charge in [-0.2, -0.15) is 13.2 Å². The zero-order valence-corrected chi connectivity index (χ0v) is 16.5. The van der Waals surface area contributed by atoms with Crippen molar-refractivity contribution in [3.63, 3.8) is 0 Å². The Hall–Kier alpha value is -2.41. The Morgan fingerprint density at radius 1 is 1.33 bits per heavy atom. The number of hydrogen-bond donors (Lipinski definition) is 2. The Bertz CT molecular complexity index is 759. The minimum atomic E-state index is -4.35. The molecule has 0 saturated carbocycles. The summed E-state index contributed by atoms with van der Waals surface area (Å²) in [5.41, 5.74) is 3.53. The molecule has 27 heavy (non-hydrogen) atoms. The van der Waals surface area contributed by atoms with Crippen molar-refractivity contribution in [1.29, 1.82) is 0 Å². The van der Waals surface area contributed by atoms with E-state index in [-0.39, 0.29) is 0 Å². The zero-order valence-electron chi connectivity index (χ0n) is 16.5. The van der Waals surface area contributed by atoms with Crippen molar-refractivity contribution in [2.24, 2.45) is 4.99 Å². The van der Waals surface area contributed by atoms with Gasteiger partial charge in [0.15, 0.2) is 0 Å². The average Bonchev–Trinajstić information content (AvgIpc) is 2.57. The average molecular weight is 380 g/mol. The maximum Gasteiger partial charge on any atom is 0.412 e. The highest BCUT2D eigenvalue weighted by molar-refractivity contribution is 5.57. The number of pyridine rings is 1. The van der Waals surface area contributed by atoms with Gasteiger partial charge in [-0.25, -0.2) is 0 Å². The van der Waals surface area contributed by atoms with E-state index < -0.39 is 11.7 Å². The van der Waals surface area contributed by atoms with Crippen molar-refractivity contribution in [2.45, 2.75) is 40.4 Å². The highest BCUT2D eigenvalue weighted by Crippen LogP contribution is 2.27. The molecule has 0 unspecified atom stereocenters. The molecule has 0 aliphatic carbocycles. The first-order valence-electron chi connectivity index (χ1n) is 8.57. The second kappa shape index (κ2) is 10.1. The monoisotopic (exact) mass is 380 g/mol. The van der Waals surface area contributed by atoms with Crippen LogP contribution in [0, 0.1) is 6.92 Å². The number of allylic oxidation sites excluding steroid dienone is 2. The minimum Gasteiger partial charge on any atom is -0.379 e. The predicted molar refractivity (Wildman–Crippen MR) is 105 cm³/mol. The third kappa shape index (κ3) is 7.02. The van der Waals surface area contributed by atoms with E-state index in [4.69, 9.17) is 0 Å². The van der Waals surface area contributed by atoms with E-state index in [0.717, 1.165) is 35.5 Å². The standard InChI is InChI=1S/C20H27F3N4/c1-7-25-18(12-24-6)19(13(2)3)27-11-16-9-17(15(5)26-10-16)8-14(4)20(21,22)23/h7-10,24,27H,2,11-12H2,1,3-6H3/b14-8+,19-18+,25-7?. The molecule has 1 rings (SSSR count). The van der Waals surface area contributed by atoms with E-state index in [1.54, 1.807) is 25.4 Å². The lowest BCUT2D eigenvalue weighted by Crippen LogP contribution is -2.20. The van der Waals surface area contributed by atoms with E-state index in [0.29, 0.717) is 24.3 Å². The van der Waals surface area contributed by atoms with Crippen molar-refractivity contribution >= 4 is 12.3 Å². The lowest BCUT2D eigenvalue weighted by Gasteiger charge is -2.15. The zero-order chi connectivity index (χ0) is 20.6. The topological polar surface area (TPSA) is 49.3 Å². The van der Waals surface area contributed by atoms with Crippen LogP contribution in [0.25, 0.3) is 6.08 Å². The summed E-state index contributed by atoms with van der Waals surface area (Å²) >= 11 is 0. The fourth-order valence-electron chi connectivity index (χ4n) is 2.37. The summed E-state index contributed by atoms with van der Waals surface area (Å²) in [4.78, 5) is 8.59. The number of nitrogens with zero attached hydrogens (tertiary/aromatic N) is 2. The number of aryl methyl sites for hydroxylation is 1. The Balaban J connectivity index is 3.13. The summed E-state index contributed by atoms with van der Waals surface area (Å²) in [7, 11) is 1.83. The first kappa shape index (κ1) is 22.6. The number of alkyl halides is 3. The fourth-order valence-corrected chi connectivity index (χ4v) is 2.37. The van der Waals surface area contributed by atoms with Gasteiger partial charge in [0.2, 0.25) is 0 Å². The van der Waals surface area contributed by atoms with Crippen molar-refractivity contribution < 1.29 is 13.2 Å². The Morgan fingerprint density at radius 2 is 2.00 bits per heavy atom. The van der Waals surface area contributed by atoms with Crippen LogP contribution in [0.5, 0.6) is 0 Å². The van der Waals surface area contributed by atoms with E-state index in [1.807, 2.05) is 20.9 Å². The summed E-state index contributed by atoms with van der Waals surface area (Å²) in [5, 5.41) is 6.34. The first-order chi connectivity index (χ1) is 12.6. The van der Waals surface area contributed by atoms with Gasteiger partial charge in [0.25, 0.3) is 0 Å². The van der Waals surface area contributed by atoms with Crippen molar-refractivity contribution in [1.82, 2.24) is 15.6 Å². The molecule has 0 aromatic carbocycles. The van der Waals surface area contributed by atoms with Gasteiger partial charge in [0.1, 0.15) is 0 Å². The number of halogens is 3. The summed E-state index contributed by atoms with van der Waals surface area (Å²) in [6, 6.07) is 1.71. The minimum absolute atomic E-state index is 0.397. The second-order valence-corrected chi connectivity index (χ2v) is 6.22. The number of aliphatic imine (C=N–C) groups is 1. The van der Waals surface area contributed by atoms with Gasteiger partial charge in [0, 0.05) is 36.8 Å². The molecule has 1 heterocycles. The lowest BCUT2D eigenvalue weighted by molar-refractivity contribution is -0.0903. The van der Waals surface area contributed by atoms with Crippen LogP contribution in [0.15, 0.2) is 46.4 Å². The highest BCUT2D eigenvalue weighted by Gasteiger charge is 2.29. The van der Waals surface area contributed by atoms with Crippen LogP contribution in [0.4, 0.5) is 13.2 Å². The van der Waals surface area contributed by atoms with E-state index in [2.05, 4.69) is 27.2 Å². The normalized spacial score (nSPS) is 13.7. The molecule has 1 aromatic rings. The fraction of sp³-hybridized carbons (Fsp3) is 0.400. The number of likely N-dealkylation sites (N-methyl/N-ethyl adjacent to an activating group) is 1.